The summed E-state index contributed by atoms with van der Waals surface area (Å²) in [5.74, 6) is 0.0484. The summed E-state index contributed by atoms with van der Waals surface area (Å²) >= 11 is 0. The summed E-state index contributed by atoms with van der Waals surface area (Å²) in [5, 5.41) is 2.72. The number of hydrogen-bond acceptors (Lipinski definition) is 2. The molecule has 2 amide bonds. The predicted octanol–water partition coefficient (Wildman–Crippen LogP) is 0.912. The van der Waals surface area contributed by atoms with E-state index in [4.69, 9.17) is 0 Å². The Morgan fingerprint density at radius 2 is 1.93 bits per heavy atom. The third kappa shape index (κ3) is 2.49. The Hall–Kier alpha value is -1.06. The normalized spacial score (nSPS) is 26.7. The average molecular weight is 212 g/mol. The fourth-order valence-corrected chi connectivity index (χ4v) is 1.98. The van der Waals surface area contributed by atoms with Crippen LogP contribution in [0.25, 0.3) is 0 Å². The number of amides is 2. The highest BCUT2D eigenvalue weighted by molar-refractivity contribution is 5.96. The largest absolute Gasteiger partial charge is 0.343 e. The summed E-state index contributed by atoms with van der Waals surface area (Å²) in [6, 6.07) is -0.615. The maximum Gasteiger partial charge on any atom is 0.245 e. The molecule has 0 aliphatic carbocycles. The molecule has 1 rings (SSSR count). The Labute approximate surface area is 91.0 Å². The van der Waals surface area contributed by atoms with Crippen molar-refractivity contribution < 1.29 is 9.59 Å². The minimum Gasteiger partial charge on any atom is -0.343 e. The van der Waals surface area contributed by atoms with Crippen LogP contribution in [-0.2, 0) is 9.59 Å². The average Bonchev–Trinajstić information content (AvgIpc) is 2.20. The van der Waals surface area contributed by atoms with Crippen LogP contribution in [0.3, 0.4) is 0 Å². The van der Waals surface area contributed by atoms with Crippen LogP contribution in [0.2, 0.25) is 0 Å². The van der Waals surface area contributed by atoms with Crippen molar-refractivity contribution in [3.8, 4) is 0 Å². The van der Waals surface area contributed by atoms with E-state index in [-0.39, 0.29) is 23.9 Å². The molecule has 2 unspecified atom stereocenters. The van der Waals surface area contributed by atoms with Gasteiger partial charge in [-0.25, -0.2) is 0 Å². The minimum atomic E-state index is -0.364. The molecule has 4 nitrogen and oxygen atoms in total. The number of carbonyl (C=O) groups excluding carboxylic acids is 2. The summed E-state index contributed by atoms with van der Waals surface area (Å²) in [6.07, 6.45) is 2.57. The Morgan fingerprint density at radius 3 is 2.47 bits per heavy atom. The molecule has 0 aromatic carbocycles. The summed E-state index contributed by atoms with van der Waals surface area (Å²) in [7, 11) is 0. The smallest absolute Gasteiger partial charge is 0.245 e. The van der Waals surface area contributed by atoms with Gasteiger partial charge in [0.25, 0.3) is 0 Å². The molecule has 1 aliphatic rings. The third-order valence-electron chi connectivity index (χ3n) is 2.72. The molecule has 86 valence electrons. The first-order chi connectivity index (χ1) is 7.11. The van der Waals surface area contributed by atoms with Crippen LogP contribution in [0.1, 0.15) is 40.0 Å². The highest BCUT2D eigenvalue weighted by atomic mass is 16.2. The lowest BCUT2D eigenvalue weighted by atomic mass is 10.0. The molecule has 2 atom stereocenters. The topological polar surface area (TPSA) is 49.4 Å². The zero-order valence-corrected chi connectivity index (χ0v) is 9.75. The number of hydrogen-bond donors (Lipinski definition) is 1. The lowest BCUT2D eigenvalue weighted by molar-refractivity contribution is -0.149. The van der Waals surface area contributed by atoms with E-state index >= 15 is 0 Å². The van der Waals surface area contributed by atoms with Gasteiger partial charge in [-0.1, -0.05) is 20.3 Å². The van der Waals surface area contributed by atoms with Gasteiger partial charge >= 0.3 is 0 Å². The molecule has 1 saturated heterocycles. The zero-order valence-electron chi connectivity index (χ0n) is 9.75. The molecule has 15 heavy (non-hydrogen) atoms. The Morgan fingerprint density at radius 1 is 1.27 bits per heavy atom. The fourth-order valence-electron chi connectivity index (χ4n) is 1.98. The number of nitrogens with zero attached hydrogens (tertiary/aromatic N) is 1. The van der Waals surface area contributed by atoms with E-state index in [1.807, 2.05) is 13.8 Å². The highest BCUT2D eigenvalue weighted by Crippen LogP contribution is 2.14. The van der Waals surface area contributed by atoms with Gasteiger partial charge in [-0.15, -0.1) is 0 Å². The van der Waals surface area contributed by atoms with Crippen LogP contribution in [0.4, 0.5) is 0 Å². The van der Waals surface area contributed by atoms with Crippen LogP contribution in [0.5, 0.6) is 0 Å². The summed E-state index contributed by atoms with van der Waals surface area (Å²) in [5.41, 5.74) is 0. The molecule has 1 heterocycles. The molecule has 0 aromatic rings. The Kier molecular flexibility index (Phi) is 4.12. The van der Waals surface area contributed by atoms with Crippen molar-refractivity contribution in [2.24, 2.45) is 0 Å². The first kappa shape index (κ1) is 12.0. The van der Waals surface area contributed by atoms with Gasteiger partial charge in [0, 0.05) is 6.54 Å². The van der Waals surface area contributed by atoms with Gasteiger partial charge in [0.1, 0.15) is 12.1 Å². The van der Waals surface area contributed by atoms with Crippen LogP contribution in [0.15, 0.2) is 0 Å². The number of piperazine rings is 1. The molecule has 0 bridgehead atoms. The van der Waals surface area contributed by atoms with Crippen molar-refractivity contribution in [3.05, 3.63) is 0 Å². The molecule has 4 heteroatoms. The second-order valence-corrected chi connectivity index (χ2v) is 4.07. The van der Waals surface area contributed by atoms with Crippen LogP contribution >= 0.6 is 0 Å². The number of carbonyl (C=O) groups is 2. The van der Waals surface area contributed by atoms with Crippen molar-refractivity contribution in [3.63, 3.8) is 0 Å². The molecule has 0 aromatic heterocycles. The molecule has 0 spiro atoms. The standard InChI is InChI=1S/C11H20N2O2/c1-4-6-9-10(14)12-8(3)11(15)13(9)7-5-2/h8-9H,4-7H2,1-3H3,(H,12,14). The van der Waals surface area contributed by atoms with Crippen molar-refractivity contribution >= 4 is 11.8 Å². The van der Waals surface area contributed by atoms with Gasteiger partial charge in [0.2, 0.25) is 11.8 Å². The Balaban J connectivity index is 2.79. The monoisotopic (exact) mass is 212 g/mol. The fraction of sp³-hybridized carbons (Fsp3) is 0.818. The molecule has 0 saturated carbocycles. The first-order valence-electron chi connectivity index (χ1n) is 5.72. The van der Waals surface area contributed by atoms with E-state index in [9.17, 15) is 9.59 Å². The van der Waals surface area contributed by atoms with Gasteiger partial charge in [-0.3, -0.25) is 9.59 Å². The summed E-state index contributed by atoms with van der Waals surface area (Å²) in [4.78, 5) is 25.3. The summed E-state index contributed by atoms with van der Waals surface area (Å²) < 4.78 is 0. The first-order valence-corrected chi connectivity index (χ1v) is 5.72. The van der Waals surface area contributed by atoms with E-state index in [0.29, 0.717) is 6.54 Å². The van der Waals surface area contributed by atoms with E-state index < -0.39 is 0 Å². The summed E-state index contributed by atoms with van der Waals surface area (Å²) in [6.45, 7) is 6.47. The van der Waals surface area contributed by atoms with E-state index in [2.05, 4.69) is 5.32 Å². The molecule has 0 radical (unpaired) electrons. The lowest BCUT2D eigenvalue weighted by Crippen LogP contribution is -2.62. The maximum atomic E-state index is 11.9. The predicted molar refractivity (Wildman–Crippen MR) is 58.3 cm³/mol. The van der Waals surface area contributed by atoms with Crippen LogP contribution in [-0.4, -0.2) is 35.3 Å². The van der Waals surface area contributed by atoms with Gasteiger partial charge in [-0.05, 0) is 19.8 Å². The highest BCUT2D eigenvalue weighted by Gasteiger charge is 2.37. The minimum absolute atomic E-state index is 0.00241. The third-order valence-corrected chi connectivity index (χ3v) is 2.72. The lowest BCUT2D eigenvalue weighted by Gasteiger charge is -2.37. The van der Waals surface area contributed by atoms with Crippen LogP contribution < -0.4 is 5.32 Å². The van der Waals surface area contributed by atoms with Gasteiger partial charge in [-0.2, -0.15) is 0 Å². The molecular weight excluding hydrogens is 192 g/mol. The second-order valence-electron chi connectivity index (χ2n) is 4.07. The Bertz CT molecular complexity index is 253. The second kappa shape index (κ2) is 5.14. The number of rotatable bonds is 4. The SMILES string of the molecule is CCCC1C(=O)NC(C)C(=O)N1CCC. The van der Waals surface area contributed by atoms with Crippen molar-refractivity contribution in [1.82, 2.24) is 10.2 Å². The molecular formula is C11H20N2O2. The van der Waals surface area contributed by atoms with Crippen molar-refractivity contribution in [2.45, 2.75) is 52.1 Å². The van der Waals surface area contributed by atoms with Gasteiger partial charge in [0.05, 0.1) is 0 Å². The maximum absolute atomic E-state index is 11.9. The van der Waals surface area contributed by atoms with Crippen molar-refractivity contribution in [2.75, 3.05) is 6.54 Å². The van der Waals surface area contributed by atoms with E-state index in [1.54, 1.807) is 11.8 Å². The van der Waals surface area contributed by atoms with Gasteiger partial charge < -0.3 is 10.2 Å². The molecule has 1 fully saturated rings. The molecule has 1 aliphatic heterocycles. The zero-order chi connectivity index (χ0) is 11.4. The van der Waals surface area contributed by atoms with Crippen molar-refractivity contribution in [1.29, 1.82) is 0 Å². The molecule has 1 N–H and O–H groups in total. The van der Waals surface area contributed by atoms with Gasteiger partial charge in [0.15, 0.2) is 0 Å². The quantitative estimate of drug-likeness (QED) is 0.753. The van der Waals surface area contributed by atoms with Crippen LogP contribution in [0, 0.1) is 0 Å². The number of nitrogens with one attached hydrogen (secondary N) is 1. The van der Waals surface area contributed by atoms with E-state index in [0.717, 1.165) is 19.3 Å². The van der Waals surface area contributed by atoms with E-state index in [1.165, 1.54) is 0 Å².